The van der Waals surface area contributed by atoms with Gasteiger partial charge in [0.1, 0.15) is 18.5 Å². The van der Waals surface area contributed by atoms with Gasteiger partial charge in [-0.15, -0.1) is 6.58 Å². The maximum Gasteiger partial charge on any atom is 0.310 e. The molecule has 2 fully saturated rings. The molecule has 0 bridgehead atoms. The first-order chi connectivity index (χ1) is 15.4. The summed E-state index contributed by atoms with van der Waals surface area (Å²) in [6.07, 6.45) is 3.65. The van der Waals surface area contributed by atoms with Crippen molar-refractivity contribution in [3.63, 3.8) is 0 Å². The van der Waals surface area contributed by atoms with Crippen LogP contribution in [0.4, 0.5) is 0 Å². The highest BCUT2D eigenvalue weighted by Crippen LogP contribution is 2.32. The van der Waals surface area contributed by atoms with Crippen molar-refractivity contribution in [3.8, 4) is 0 Å². The Morgan fingerprint density at radius 1 is 0.750 bits per heavy atom. The summed E-state index contributed by atoms with van der Waals surface area (Å²) in [5.41, 5.74) is 2.23. The topological polar surface area (TPSA) is 69.7 Å². The average molecular weight is 435 g/mol. The molecular weight excluding hydrogens is 404 g/mol. The monoisotopic (exact) mass is 434 g/mol. The van der Waals surface area contributed by atoms with E-state index in [4.69, 9.17) is 9.47 Å². The Hall–Kier alpha value is -3.21. The summed E-state index contributed by atoms with van der Waals surface area (Å²) >= 11 is 0. The van der Waals surface area contributed by atoms with E-state index in [1.807, 2.05) is 73.7 Å². The minimum absolute atomic E-state index is 0.0429. The highest BCUT2D eigenvalue weighted by molar-refractivity contribution is 5.80. The quantitative estimate of drug-likeness (QED) is 0.387. The van der Waals surface area contributed by atoms with E-state index in [9.17, 15) is 14.4 Å². The second-order valence-corrected chi connectivity index (χ2v) is 8.40. The molecule has 2 saturated heterocycles. The second-order valence-electron chi connectivity index (χ2n) is 8.40. The van der Waals surface area contributed by atoms with Crippen molar-refractivity contribution in [2.45, 2.75) is 38.9 Å². The van der Waals surface area contributed by atoms with E-state index in [1.54, 1.807) is 6.92 Å². The summed E-state index contributed by atoms with van der Waals surface area (Å²) in [7, 11) is 0. The lowest BCUT2D eigenvalue weighted by Crippen LogP contribution is -2.22. The van der Waals surface area contributed by atoms with E-state index in [0.717, 1.165) is 18.3 Å². The predicted molar refractivity (Wildman–Crippen MR) is 122 cm³/mol. The zero-order chi connectivity index (χ0) is 23.1. The molecule has 0 N–H and O–H groups in total. The third kappa shape index (κ3) is 5.52. The van der Waals surface area contributed by atoms with Gasteiger partial charge >= 0.3 is 11.9 Å². The van der Waals surface area contributed by atoms with Crippen LogP contribution < -0.4 is 0 Å². The lowest BCUT2D eigenvalue weighted by atomic mass is 9.86. The summed E-state index contributed by atoms with van der Waals surface area (Å²) in [4.78, 5) is 34.2. The maximum atomic E-state index is 11.7. The number of benzene rings is 2. The highest BCUT2D eigenvalue weighted by Gasteiger charge is 2.42. The van der Waals surface area contributed by atoms with Gasteiger partial charge in [0.15, 0.2) is 0 Å². The molecule has 0 unspecified atom stereocenters. The molecule has 0 aliphatic carbocycles. The van der Waals surface area contributed by atoms with Crippen molar-refractivity contribution in [2.75, 3.05) is 0 Å². The number of hydrogen-bond acceptors (Lipinski definition) is 5. The molecule has 168 valence electrons. The largest absolute Gasteiger partial charge is 0.462 e. The SMILES string of the molecule is C=C[C@H]1[C@H](C)OC(=O)[C@@H]1Cc1ccccc1.C[C@@H]1OC(=O)[C@H](Cc2ccccc2)[C@H]1C=O. The maximum absolute atomic E-state index is 11.7. The van der Waals surface area contributed by atoms with Crippen LogP contribution in [-0.4, -0.2) is 30.4 Å². The van der Waals surface area contributed by atoms with Crippen LogP contribution in [0.2, 0.25) is 0 Å². The molecule has 0 spiro atoms. The molecule has 0 saturated carbocycles. The first-order valence-electron chi connectivity index (χ1n) is 11.0. The van der Waals surface area contributed by atoms with Gasteiger partial charge in [0.05, 0.1) is 17.8 Å². The van der Waals surface area contributed by atoms with Crippen molar-refractivity contribution >= 4 is 18.2 Å². The minimum Gasteiger partial charge on any atom is -0.462 e. The lowest BCUT2D eigenvalue weighted by Gasteiger charge is -2.13. The van der Waals surface area contributed by atoms with Gasteiger partial charge in [-0.25, -0.2) is 0 Å². The molecule has 5 heteroatoms. The van der Waals surface area contributed by atoms with Gasteiger partial charge in [-0.05, 0) is 37.8 Å². The van der Waals surface area contributed by atoms with E-state index in [-0.39, 0.29) is 47.8 Å². The molecule has 0 radical (unpaired) electrons. The van der Waals surface area contributed by atoms with Crippen molar-refractivity contribution < 1.29 is 23.9 Å². The van der Waals surface area contributed by atoms with Gasteiger partial charge in [0.2, 0.25) is 0 Å². The molecule has 2 aromatic rings. The normalized spacial score (nSPS) is 28.8. The fourth-order valence-electron chi connectivity index (χ4n) is 4.40. The third-order valence-electron chi connectivity index (χ3n) is 6.25. The van der Waals surface area contributed by atoms with Gasteiger partial charge in [0, 0.05) is 5.92 Å². The van der Waals surface area contributed by atoms with Crippen LogP contribution in [0.15, 0.2) is 73.3 Å². The predicted octanol–water partition coefficient (Wildman–Crippen LogP) is 4.20. The van der Waals surface area contributed by atoms with Crippen molar-refractivity contribution in [2.24, 2.45) is 23.7 Å². The molecule has 6 atom stereocenters. The Balaban J connectivity index is 0.000000181. The Morgan fingerprint density at radius 3 is 1.56 bits per heavy atom. The van der Waals surface area contributed by atoms with Gasteiger partial charge in [-0.3, -0.25) is 9.59 Å². The van der Waals surface area contributed by atoms with Crippen LogP contribution in [0, 0.1) is 23.7 Å². The number of ether oxygens (including phenoxy) is 2. The standard InChI is InChI=1S/C14H16O2.C13H14O3/c1-3-12-10(2)16-14(15)13(12)9-11-7-5-4-6-8-11;1-9-12(8-14)11(13(15)16-9)7-10-5-3-2-4-6-10/h3-8,10,12-13H,1,9H2,2H3;2-6,8-9,11-12H,7H2,1H3/t10-,12-,13+;9-,11+,12-/m00/s1. The Kier molecular flexibility index (Phi) is 7.98. The number of hydrogen-bond donors (Lipinski definition) is 0. The summed E-state index contributed by atoms with van der Waals surface area (Å²) in [5, 5.41) is 0. The first-order valence-corrected chi connectivity index (χ1v) is 11.0. The Morgan fingerprint density at radius 2 is 1.16 bits per heavy atom. The van der Waals surface area contributed by atoms with E-state index in [1.165, 1.54) is 5.56 Å². The summed E-state index contributed by atoms with van der Waals surface area (Å²) in [6, 6.07) is 19.7. The zero-order valence-electron chi connectivity index (χ0n) is 18.6. The lowest BCUT2D eigenvalue weighted by molar-refractivity contribution is -0.144. The van der Waals surface area contributed by atoms with Gasteiger partial charge in [-0.2, -0.15) is 0 Å². The van der Waals surface area contributed by atoms with Crippen LogP contribution in [0.1, 0.15) is 25.0 Å². The Labute approximate surface area is 189 Å². The molecule has 32 heavy (non-hydrogen) atoms. The first kappa shape index (κ1) is 23.5. The summed E-state index contributed by atoms with van der Waals surface area (Å²) < 4.78 is 10.3. The molecule has 0 aromatic heterocycles. The number of rotatable bonds is 6. The number of esters is 2. The molecule has 5 nitrogen and oxygen atoms in total. The van der Waals surface area contributed by atoms with E-state index in [2.05, 4.69) is 6.58 Å². The van der Waals surface area contributed by atoms with Crippen molar-refractivity contribution in [1.82, 2.24) is 0 Å². The fraction of sp³-hybridized carbons (Fsp3) is 0.370. The summed E-state index contributed by atoms with van der Waals surface area (Å²) in [6.45, 7) is 7.48. The molecular formula is C27H30O5. The third-order valence-corrected chi connectivity index (χ3v) is 6.25. The minimum atomic E-state index is -0.324. The average Bonchev–Trinajstić information content (AvgIpc) is 3.22. The van der Waals surface area contributed by atoms with Crippen LogP contribution in [0.5, 0.6) is 0 Å². The van der Waals surface area contributed by atoms with Crippen LogP contribution in [0.3, 0.4) is 0 Å². The van der Waals surface area contributed by atoms with Gasteiger partial charge in [-0.1, -0.05) is 66.7 Å². The van der Waals surface area contributed by atoms with Gasteiger partial charge < -0.3 is 14.3 Å². The van der Waals surface area contributed by atoms with Crippen molar-refractivity contribution in [1.29, 1.82) is 0 Å². The van der Waals surface area contributed by atoms with E-state index < -0.39 is 0 Å². The molecule has 2 aliphatic heterocycles. The smallest absolute Gasteiger partial charge is 0.310 e. The van der Waals surface area contributed by atoms with Crippen LogP contribution in [0.25, 0.3) is 0 Å². The molecule has 2 aromatic carbocycles. The second kappa shape index (κ2) is 10.9. The Bertz CT molecular complexity index is 846. The number of carbonyl (C=O) groups excluding carboxylic acids is 3. The van der Waals surface area contributed by atoms with Crippen LogP contribution >= 0.6 is 0 Å². The van der Waals surface area contributed by atoms with Gasteiger partial charge in [0.25, 0.3) is 0 Å². The fourth-order valence-corrected chi connectivity index (χ4v) is 4.40. The van der Waals surface area contributed by atoms with E-state index >= 15 is 0 Å². The zero-order valence-corrected chi connectivity index (χ0v) is 18.6. The van der Waals surface area contributed by atoms with E-state index in [0.29, 0.717) is 6.42 Å². The van der Waals surface area contributed by atoms with Crippen LogP contribution in [-0.2, 0) is 36.7 Å². The molecule has 2 aliphatic rings. The molecule has 4 rings (SSSR count). The molecule has 0 amide bonds. The highest BCUT2D eigenvalue weighted by atomic mass is 16.6. The van der Waals surface area contributed by atoms with Crippen molar-refractivity contribution in [3.05, 3.63) is 84.4 Å². The number of carbonyl (C=O) groups is 3. The molecule has 2 heterocycles. The number of cyclic esters (lactones) is 2. The summed E-state index contributed by atoms with van der Waals surface area (Å²) in [5.74, 6) is -0.931. The number of aldehydes is 1.